The molecule has 0 saturated carbocycles. The zero-order valence-corrected chi connectivity index (χ0v) is 26.4. The average molecular weight is 664 g/mol. The third-order valence-corrected chi connectivity index (χ3v) is 7.12. The second-order valence-electron chi connectivity index (χ2n) is 10.9. The third kappa shape index (κ3) is 13.6. The summed E-state index contributed by atoms with van der Waals surface area (Å²) >= 11 is 0. The lowest BCUT2D eigenvalue weighted by atomic mass is 9.99. The van der Waals surface area contributed by atoms with Crippen molar-refractivity contribution in [1.82, 2.24) is 16.0 Å². The van der Waals surface area contributed by atoms with Gasteiger partial charge in [0, 0.05) is 19.4 Å². The lowest BCUT2D eigenvalue weighted by Gasteiger charge is -2.27. The first-order chi connectivity index (χ1) is 21.6. The number of hydrogen-bond acceptors (Lipinski definition) is 8. The van der Waals surface area contributed by atoms with Crippen molar-refractivity contribution < 1.29 is 43.2 Å². The molecule has 252 valence electrons. The molecule has 2 aromatic rings. The first-order valence-corrected chi connectivity index (χ1v) is 15.9. The zero-order chi connectivity index (χ0) is 34.4. The Balaban J connectivity index is 2.24. The van der Waals surface area contributed by atoms with Gasteiger partial charge < -0.3 is 42.8 Å². The molecule has 16 nitrogen and oxygen atoms in total. The van der Waals surface area contributed by atoms with Gasteiger partial charge in [0.05, 0.1) is 6.04 Å². The van der Waals surface area contributed by atoms with E-state index in [2.05, 4.69) is 25.5 Å². The lowest BCUT2D eigenvalue weighted by Crippen LogP contribution is -2.59. The number of carboxylic acids is 1. The second-order valence-corrected chi connectivity index (χ2v) is 12.0. The van der Waals surface area contributed by atoms with Gasteiger partial charge in [0.25, 0.3) is 0 Å². The average Bonchev–Trinajstić information content (AvgIpc) is 2.97. The molecule has 12 N–H and O–H groups in total. The van der Waals surface area contributed by atoms with Gasteiger partial charge in [-0.15, -0.1) is 0 Å². The predicted molar refractivity (Wildman–Crippen MR) is 169 cm³/mol. The van der Waals surface area contributed by atoms with E-state index < -0.39 is 61.6 Å². The fourth-order valence-corrected chi connectivity index (χ4v) is 4.69. The number of guanidine groups is 1. The highest BCUT2D eigenvalue weighted by Gasteiger charge is 2.32. The summed E-state index contributed by atoms with van der Waals surface area (Å²) in [6, 6.07) is 9.47. The summed E-state index contributed by atoms with van der Waals surface area (Å²) in [6.45, 7) is 3.57. The normalized spacial score (nSPS) is 13.9. The summed E-state index contributed by atoms with van der Waals surface area (Å²) in [5.41, 5.74) is 17.8. The molecule has 0 aliphatic rings. The molecule has 0 heterocycles. The molecular formula is C29H42N7O9P. The Hall–Kier alpha value is -4.50. The third-order valence-electron chi connectivity index (χ3n) is 6.67. The minimum absolute atomic E-state index is 0.0160. The molecule has 0 radical (unpaired) electrons. The van der Waals surface area contributed by atoms with Gasteiger partial charge in [-0.2, -0.15) is 0 Å². The van der Waals surface area contributed by atoms with E-state index in [0.717, 1.165) is 0 Å². The van der Waals surface area contributed by atoms with Gasteiger partial charge >= 0.3 is 13.8 Å². The van der Waals surface area contributed by atoms with Crippen molar-refractivity contribution in [3.8, 4) is 5.75 Å². The van der Waals surface area contributed by atoms with Gasteiger partial charge in [-0.1, -0.05) is 56.3 Å². The van der Waals surface area contributed by atoms with Crippen LogP contribution in [0.1, 0.15) is 37.8 Å². The SMILES string of the molecule is CC(C)C(NC(=O)C(Cc1ccc(OP(=O)(O)O)cc1)NC(=O)C(N)CCCN=C(N)N)C(=O)NC(Cc1ccccc1)C(=O)O. The summed E-state index contributed by atoms with van der Waals surface area (Å²) < 4.78 is 15.7. The van der Waals surface area contributed by atoms with Gasteiger partial charge in [0.1, 0.15) is 23.9 Å². The number of phosphoric ester groups is 1. The summed E-state index contributed by atoms with van der Waals surface area (Å²) in [6.07, 6.45) is 0.489. The van der Waals surface area contributed by atoms with Crippen LogP contribution in [-0.2, 0) is 36.6 Å². The number of aliphatic imine (C=N–C) groups is 1. The van der Waals surface area contributed by atoms with Crippen LogP contribution in [0, 0.1) is 5.92 Å². The molecule has 0 bridgehead atoms. The van der Waals surface area contributed by atoms with Crippen LogP contribution in [0.15, 0.2) is 59.6 Å². The van der Waals surface area contributed by atoms with E-state index in [1.165, 1.54) is 24.3 Å². The molecule has 0 saturated heterocycles. The number of nitrogens with zero attached hydrogens (tertiary/aromatic N) is 1. The molecule has 0 spiro atoms. The van der Waals surface area contributed by atoms with Crippen LogP contribution in [0.3, 0.4) is 0 Å². The predicted octanol–water partition coefficient (Wildman–Crippen LogP) is -0.481. The van der Waals surface area contributed by atoms with E-state index in [9.17, 15) is 28.8 Å². The topological polar surface area (TPSA) is 282 Å². The van der Waals surface area contributed by atoms with E-state index in [0.29, 0.717) is 17.5 Å². The van der Waals surface area contributed by atoms with Crippen LogP contribution >= 0.6 is 7.82 Å². The molecule has 2 rings (SSSR count). The van der Waals surface area contributed by atoms with E-state index in [1.807, 2.05) is 0 Å². The number of hydrogen-bond donors (Lipinski definition) is 9. The maximum absolute atomic E-state index is 13.6. The molecule has 0 aromatic heterocycles. The standard InChI is InChI=1S/C29H42N7O9P/c1-17(2)24(27(39)35-23(28(40)41)16-18-7-4-3-5-8-18)36-26(38)22(34-25(37)21(30)9-6-14-33-29(31)32)15-19-10-12-20(13-11-19)45-46(42,43)44/h3-5,7-8,10-13,17,21-24H,6,9,14-16,30H2,1-2H3,(H,34,37)(H,35,39)(H,36,38)(H,40,41)(H4,31,32,33)(H2,42,43,44). The zero-order valence-electron chi connectivity index (χ0n) is 25.5. The van der Waals surface area contributed by atoms with E-state index in [4.69, 9.17) is 27.0 Å². The van der Waals surface area contributed by atoms with Crippen molar-refractivity contribution in [3.05, 3.63) is 65.7 Å². The van der Waals surface area contributed by atoms with Crippen LogP contribution in [0.4, 0.5) is 0 Å². The van der Waals surface area contributed by atoms with Crippen LogP contribution in [0.2, 0.25) is 0 Å². The molecule has 4 unspecified atom stereocenters. The number of carboxylic acid groups (broad SMARTS) is 1. The molecule has 3 amide bonds. The van der Waals surface area contributed by atoms with Gasteiger partial charge in [0.2, 0.25) is 17.7 Å². The van der Waals surface area contributed by atoms with Crippen molar-refractivity contribution in [3.63, 3.8) is 0 Å². The van der Waals surface area contributed by atoms with Crippen molar-refractivity contribution in [2.24, 2.45) is 28.1 Å². The van der Waals surface area contributed by atoms with Gasteiger partial charge in [-0.05, 0) is 42.0 Å². The summed E-state index contributed by atoms with van der Waals surface area (Å²) in [5.74, 6) is -4.10. The van der Waals surface area contributed by atoms with Crippen LogP contribution in [-0.4, -0.2) is 75.3 Å². The number of carbonyl (C=O) groups is 4. The van der Waals surface area contributed by atoms with Crippen molar-refractivity contribution >= 4 is 37.5 Å². The molecule has 0 aliphatic heterocycles. The number of amides is 3. The second kappa shape index (κ2) is 17.8. The molecule has 17 heteroatoms. The number of rotatable bonds is 18. The molecule has 0 fully saturated rings. The number of benzene rings is 2. The first kappa shape index (κ1) is 37.7. The number of aliphatic carboxylic acids is 1. The highest BCUT2D eigenvalue weighted by atomic mass is 31.2. The number of carbonyl (C=O) groups excluding carboxylic acids is 3. The minimum atomic E-state index is -4.80. The summed E-state index contributed by atoms with van der Waals surface area (Å²) in [5, 5.41) is 17.5. The maximum atomic E-state index is 13.6. The quantitative estimate of drug-likeness (QED) is 0.0423. The Morgan fingerprint density at radius 3 is 1.96 bits per heavy atom. The maximum Gasteiger partial charge on any atom is 0.524 e. The largest absolute Gasteiger partial charge is 0.524 e. The highest BCUT2D eigenvalue weighted by molar-refractivity contribution is 7.46. The molecule has 46 heavy (non-hydrogen) atoms. The van der Waals surface area contributed by atoms with Crippen LogP contribution in [0.25, 0.3) is 0 Å². The van der Waals surface area contributed by atoms with E-state index in [-0.39, 0.29) is 37.5 Å². The Kier molecular flexibility index (Phi) is 14.6. The van der Waals surface area contributed by atoms with E-state index >= 15 is 0 Å². The van der Waals surface area contributed by atoms with Crippen molar-refractivity contribution in [1.29, 1.82) is 0 Å². The summed E-state index contributed by atoms with van der Waals surface area (Å²) in [7, 11) is -4.80. The number of phosphoric acid groups is 1. The molecule has 0 aliphatic carbocycles. The molecular weight excluding hydrogens is 621 g/mol. The van der Waals surface area contributed by atoms with E-state index in [1.54, 1.807) is 44.2 Å². The fraction of sp³-hybridized carbons (Fsp3) is 0.414. The number of nitrogens with one attached hydrogen (secondary N) is 3. The lowest BCUT2D eigenvalue weighted by molar-refractivity contribution is -0.142. The monoisotopic (exact) mass is 663 g/mol. The Labute approximate surface area is 266 Å². The van der Waals surface area contributed by atoms with Crippen LogP contribution in [0.5, 0.6) is 5.75 Å². The Morgan fingerprint density at radius 2 is 1.41 bits per heavy atom. The van der Waals surface area contributed by atoms with Gasteiger partial charge in [-0.25, -0.2) is 9.36 Å². The number of nitrogens with two attached hydrogens (primary N) is 3. The Bertz CT molecular complexity index is 1400. The molecule has 4 atom stereocenters. The summed E-state index contributed by atoms with van der Waals surface area (Å²) in [4.78, 5) is 73.7. The smallest absolute Gasteiger partial charge is 0.480 e. The van der Waals surface area contributed by atoms with Crippen LogP contribution < -0.4 is 37.7 Å². The Morgan fingerprint density at radius 1 is 0.848 bits per heavy atom. The van der Waals surface area contributed by atoms with Crippen molar-refractivity contribution in [2.45, 2.75) is 63.7 Å². The van der Waals surface area contributed by atoms with Crippen molar-refractivity contribution in [2.75, 3.05) is 6.54 Å². The van der Waals surface area contributed by atoms with Gasteiger partial charge in [0.15, 0.2) is 5.96 Å². The minimum Gasteiger partial charge on any atom is -0.480 e. The first-order valence-electron chi connectivity index (χ1n) is 14.4. The van der Waals surface area contributed by atoms with Gasteiger partial charge in [-0.3, -0.25) is 29.2 Å². The molecule has 2 aromatic carbocycles. The fourth-order valence-electron chi connectivity index (χ4n) is 4.30. The highest BCUT2D eigenvalue weighted by Crippen LogP contribution is 2.37.